The van der Waals surface area contributed by atoms with E-state index < -0.39 is 61.0 Å². The zero-order valence-corrected chi connectivity index (χ0v) is 11.8. The number of aliphatic hydroxyl groups excluding tert-OH is 7. The Hall–Kier alpha value is -0.690. The molecule has 1 aliphatic heterocycles. The normalized spacial score (nSPS) is 39.6. The summed E-state index contributed by atoms with van der Waals surface area (Å²) >= 11 is 0. The summed E-state index contributed by atoms with van der Waals surface area (Å²) in [6.07, 6.45) is -15.0. The van der Waals surface area contributed by atoms with Gasteiger partial charge in [0, 0.05) is 0 Å². The van der Waals surface area contributed by atoms with E-state index in [0.29, 0.717) is 0 Å². The monoisotopic (exact) mass is 326 g/mol. The summed E-state index contributed by atoms with van der Waals surface area (Å²) in [6, 6.07) is 0. The number of carbonyl (C=O) groups is 1. The second-order valence-corrected chi connectivity index (χ2v) is 5.40. The minimum Gasteiger partial charge on any atom is -0.394 e. The van der Waals surface area contributed by atoms with Gasteiger partial charge in [0.15, 0.2) is 11.9 Å². The Kier molecular flexibility index (Phi) is 6.38. The molecule has 0 bridgehead atoms. The standard InChI is InChI=1S/C12H22O10/c1-4-7(17)8(18)9(19)11(22-4)12(21,6(16)3-14)10(20)5(15)2-13/h3-11,13,15-21H,2H2,1H3/t4-,5?,6?,7+,8+,9-,10?,11?,12?/m0/s1. The summed E-state index contributed by atoms with van der Waals surface area (Å²) < 4.78 is 5.10. The van der Waals surface area contributed by atoms with Crippen molar-refractivity contribution in [2.75, 3.05) is 6.61 Å². The van der Waals surface area contributed by atoms with Crippen LogP contribution in [0.25, 0.3) is 0 Å². The molecule has 1 heterocycles. The molecule has 0 saturated carbocycles. The van der Waals surface area contributed by atoms with Crippen LogP contribution in [0, 0.1) is 0 Å². The predicted octanol–water partition coefficient (Wildman–Crippen LogP) is -5.14. The fraction of sp³-hybridized carbons (Fsp3) is 0.917. The summed E-state index contributed by atoms with van der Waals surface area (Å²) in [6.45, 7) is 0.272. The van der Waals surface area contributed by atoms with E-state index in [1.165, 1.54) is 6.92 Å². The van der Waals surface area contributed by atoms with Crippen molar-refractivity contribution in [2.45, 2.75) is 61.4 Å². The van der Waals surface area contributed by atoms with Crippen molar-refractivity contribution in [1.29, 1.82) is 0 Å². The van der Waals surface area contributed by atoms with Gasteiger partial charge in [-0.2, -0.15) is 0 Å². The molecule has 0 radical (unpaired) electrons. The fourth-order valence-corrected chi connectivity index (χ4v) is 2.46. The van der Waals surface area contributed by atoms with Crippen LogP contribution in [-0.4, -0.2) is 108 Å². The van der Waals surface area contributed by atoms with Crippen LogP contribution in [0.3, 0.4) is 0 Å². The molecule has 130 valence electrons. The van der Waals surface area contributed by atoms with Gasteiger partial charge in [-0.05, 0) is 6.92 Å². The third-order valence-corrected chi connectivity index (χ3v) is 3.94. The molecule has 22 heavy (non-hydrogen) atoms. The maximum Gasteiger partial charge on any atom is 0.154 e. The number of aliphatic hydroxyl groups is 8. The lowest BCUT2D eigenvalue weighted by Crippen LogP contribution is -2.72. The summed E-state index contributed by atoms with van der Waals surface area (Å²) in [5, 5.41) is 77.7. The lowest BCUT2D eigenvalue weighted by Gasteiger charge is -2.49. The van der Waals surface area contributed by atoms with E-state index in [4.69, 9.17) is 9.84 Å². The lowest BCUT2D eigenvalue weighted by molar-refractivity contribution is -0.300. The third-order valence-electron chi connectivity index (χ3n) is 3.94. The number of carbonyl (C=O) groups excluding carboxylic acids is 1. The number of hydrogen-bond acceptors (Lipinski definition) is 10. The van der Waals surface area contributed by atoms with E-state index in [-0.39, 0.29) is 6.29 Å². The van der Waals surface area contributed by atoms with Crippen molar-refractivity contribution in [3.05, 3.63) is 0 Å². The average Bonchev–Trinajstić information content (AvgIpc) is 2.52. The first-order valence-corrected chi connectivity index (χ1v) is 6.65. The molecule has 9 atom stereocenters. The van der Waals surface area contributed by atoms with Crippen LogP contribution < -0.4 is 0 Å². The van der Waals surface area contributed by atoms with Crippen molar-refractivity contribution in [1.82, 2.24) is 0 Å². The van der Waals surface area contributed by atoms with E-state index in [1.54, 1.807) is 0 Å². The summed E-state index contributed by atoms with van der Waals surface area (Å²) in [4.78, 5) is 10.8. The molecule has 0 amide bonds. The van der Waals surface area contributed by atoms with E-state index in [2.05, 4.69) is 0 Å². The Morgan fingerprint density at radius 3 is 2.14 bits per heavy atom. The van der Waals surface area contributed by atoms with Crippen molar-refractivity contribution < 1.29 is 50.4 Å². The Bertz CT molecular complexity index is 379. The van der Waals surface area contributed by atoms with Crippen LogP contribution in [0.4, 0.5) is 0 Å². The lowest BCUT2D eigenvalue weighted by atomic mass is 9.76. The predicted molar refractivity (Wildman–Crippen MR) is 68.5 cm³/mol. The van der Waals surface area contributed by atoms with Crippen molar-refractivity contribution in [3.63, 3.8) is 0 Å². The Labute approximate surface area is 125 Å². The molecule has 8 N–H and O–H groups in total. The first-order chi connectivity index (χ1) is 10.1. The van der Waals surface area contributed by atoms with E-state index in [9.17, 15) is 40.5 Å². The van der Waals surface area contributed by atoms with E-state index in [0.717, 1.165) is 0 Å². The highest BCUT2D eigenvalue weighted by Gasteiger charge is 2.59. The highest BCUT2D eigenvalue weighted by atomic mass is 16.6. The van der Waals surface area contributed by atoms with Gasteiger partial charge < -0.3 is 50.4 Å². The van der Waals surface area contributed by atoms with Gasteiger partial charge in [0.1, 0.15) is 42.7 Å². The maximum atomic E-state index is 10.8. The maximum absolute atomic E-state index is 10.8. The molecule has 10 nitrogen and oxygen atoms in total. The van der Waals surface area contributed by atoms with Gasteiger partial charge in [-0.3, -0.25) is 0 Å². The number of rotatable bonds is 6. The van der Waals surface area contributed by atoms with Crippen LogP contribution in [0.5, 0.6) is 0 Å². The number of ether oxygens (including phenoxy) is 1. The van der Waals surface area contributed by atoms with Gasteiger partial charge in [0.25, 0.3) is 0 Å². The molecule has 0 aliphatic carbocycles. The molecular formula is C12H22O10. The molecule has 5 unspecified atom stereocenters. The third kappa shape index (κ3) is 3.15. The highest BCUT2D eigenvalue weighted by Crippen LogP contribution is 2.33. The zero-order chi connectivity index (χ0) is 17.2. The average molecular weight is 326 g/mol. The summed E-state index contributed by atoms with van der Waals surface area (Å²) in [5.41, 5.74) is -2.93. The number of aldehydes is 1. The molecule has 0 aromatic heterocycles. The Morgan fingerprint density at radius 2 is 1.68 bits per heavy atom. The van der Waals surface area contributed by atoms with Gasteiger partial charge in [0.05, 0.1) is 12.7 Å². The second kappa shape index (κ2) is 7.25. The summed E-state index contributed by atoms with van der Waals surface area (Å²) in [7, 11) is 0. The quantitative estimate of drug-likeness (QED) is 0.219. The van der Waals surface area contributed by atoms with Crippen molar-refractivity contribution >= 4 is 6.29 Å². The van der Waals surface area contributed by atoms with E-state index in [1.807, 2.05) is 0 Å². The molecule has 1 aliphatic rings. The SMILES string of the molecule is C[C@@H]1OC(C(O)(C(O)C=O)C(O)C(O)CO)[C@@H](O)[C@H](O)[C@@H]1O. The Balaban J connectivity index is 3.24. The van der Waals surface area contributed by atoms with Crippen molar-refractivity contribution in [3.8, 4) is 0 Å². The number of hydrogen-bond donors (Lipinski definition) is 8. The zero-order valence-electron chi connectivity index (χ0n) is 11.8. The van der Waals surface area contributed by atoms with Gasteiger partial charge in [-0.25, -0.2) is 0 Å². The van der Waals surface area contributed by atoms with E-state index >= 15 is 0 Å². The van der Waals surface area contributed by atoms with Gasteiger partial charge >= 0.3 is 0 Å². The smallest absolute Gasteiger partial charge is 0.154 e. The summed E-state index contributed by atoms with van der Waals surface area (Å²) in [5.74, 6) is 0. The van der Waals surface area contributed by atoms with Crippen molar-refractivity contribution in [2.24, 2.45) is 0 Å². The van der Waals surface area contributed by atoms with Crippen LogP contribution in [-0.2, 0) is 9.53 Å². The molecule has 10 heteroatoms. The highest BCUT2D eigenvalue weighted by molar-refractivity contribution is 5.59. The Morgan fingerprint density at radius 1 is 1.14 bits per heavy atom. The molecular weight excluding hydrogens is 304 g/mol. The topological polar surface area (TPSA) is 188 Å². The second-order valence-electron chi connectivity index (χ2n) is 5.40. The molecule has 0 spiro atoms. The largest absolute Gasteiger partial charge is 0.394 e. The molecule has 1 fully saturated rings. The minimum atomic E-state index is -2.93. The van der Waals surface area contributed by atoms with Gasteiger partial charge in [-0.1, -0.05) is 0 Å². The van der Waals surface area contributed by atoms with Crippen LogP contribution in [0.15, 0.2) is 0 Å². The minimum absolute atomic E-state index is 0.161. The molecule has 0 aromatic rings. The van der Waals surface area contributed by atoms with Crippen LogP contribution >= 0.6 is 0 Å². The fourth-order valence-electron chi connectivity index (χ4n) is 2.46. The van der Waals surface area contributed by atoms with Crippen LogP contribution in [0.1, 0.15) is 6.92 Å². The molecule has 0 aromatic carbocycles. The first-order valence-electron chi connectivity index (χ1n) is 6.65. The molecule has 1 rings (SSSR count). The van der Waals surface area contributed by atoms with Gasteiger partial charge in [-0.15, -0.1) is 0 Å². The van der Waals surface area contributed by atoms with Crippen LogP contribution in [0.2, 0.25) is 0 Å². The molecule has 1 saturated heterocycles. The first kappa shape index (κ1) is 19.4. The van der Waals surface area contributed by atoms with Gasteiger partial charge in [0.2, 0.25) is 0 Å².